The summed E-state index contributed by atoms with van der Waals surface area (Å²) in [5.74, 6) is 0.717. The minimum Gasteiger partial charge on any atom is -0.493 e. The van der Waals surface area contributed by atoms with Gasteiger partial charge in [-0.05, 0) is 92.9 Å². The molecule has 0 saturated heterocycles. The van der Waals surface area contributed by atoms with Gasteiger partial charge in [0.05, 0.1) is 39.1 Å². The van der Waals surface area contributed by atoms with Crippen molar-refractivity contribution in [2.45, 2.75) is 26.5 Å². The lowest BCUT2D eigenvalue weighted by Crippen LogP contribution is -2.40. The Labute approximate surface area is 294 Å². The summed E-state index contributed by atoms with van der Waals surface area (Å²) in [6.07, 6.45) is 1.84. The molecule has 5 aromatic carbocycles. The summed E-state index contributed by atoms with van der Waals surface area (Å²) in [7, 11) is 1.61. The van der Waals surface area contributed by atoms with E-state index in [-0.39, 0.29) is 12.2 Å². The fraction of sp³-hybridized carbons (Fsp3) is 0.154. The summed E-state index contributed by atoms with van der Waals surface area (Å²) in [4.78, 5) is 33.0. The second-order valence-electron chi connectivity index (χ2n) is 11.3. The van der Waals surface area contributed by atoms with Crippen LogP contribution in [0.4, 0.5) is 0 Å². The number of halogens is 1. The number of aromatic nitrogens is 1. The molecular weight excluding hydrogens is 735 g/mol. The molecule has 240 valence electrons. The number of ether oxygens (including phenoxy) is 3. The molecule has 7 rings (SSSR count). The molecule has 1 aliphatic rings. The predicted octanol–water partition coefficient (Wildman–Crippen LogP) is 7.30. The average molecular weight is 767 g/mol. The Balaban J connectivity index is 1.31. The maximum atomic E-state index is 14.3. The van der Waals surface area contributed by atoms with Gasteiger partial charge in [0.15, 0.2) is 16.3 Å². The Hall–Kier alpha value is -4.74. The Morgan fingerprint density at radius 2 is 1.65 bits per heavy atom. The van der Waals surface area contributed by atoms with Gasteiger partial charge in [-0.2, -0.15) is 0 Å². The fourth-order valence-electron chi connectivity index (χ4n) is 6.26. The fourth-order valence-corrected chi connectivity index (χ4v) is 8.09. The van der Waals surface area contributed by atoms with Crippen LogP contribution in [0.2, 0.25) is 0 Å². The highest BCUT2D eigenvalue weighted by molar-refractivity contribution is 14.1. The van der Waals surface area contributed by atoms with Crippen molar-refractivity contribution in [1.29, 1.82) is 0 Å². The van der Waals surface area contributed by atoms with Crippen LogP contribution in [0.3, 0.4) is 0 Å². The molecule has 1 aromatic heterocycles. The summed E-state index contributed by atoms with van der Waals surface area (Å²) >= 11 is 3.53. The van der Waals surface area contributed by atoms with Crippen LogP contribution in [-0.4, -0.2) is 24.3 Å². The van der Waals surface area contributed by atoms with Gasteiger partial charge in [0.2, 0.25) is 0 Å². The van der Waals surface area contributed by atoms with Crippen LogP contribution in [-0.2, 0) is 16.1 Å². The Bertz CT molecular complexity index is 2430. The Morgan fingerprint density at radius 3 is 2.40 bits per heavy atom. The maximum Gasteiger partial charge on any atom is 0.338 e. The highest BCUT2D eigenvalue weighted by atomic mass is 127. The molecule has 0 aliphatic carbocycles. The van der Waals surface area contributed by atoms with Gasteiger partial charge >= 0.3 is 5.97 Å². The lowest BCUT2D eigenvalue weighted by atomic mass is 9.91. The van der Waals surface area contributed by atoms with Crippen molar-refractivity contribution >= 4 is 67.5 Å². The number of thiazole rings is 1. The van der Waals surface area contributed by atoms with E-state index < -0.39 is 12.0 Å². The monoisotopic (exact) mass is 766 g/mol. The topological polar surface area (TPSA) is 79.1 Å². The smallest absolute Gasteiger partial charge is 0.338 e. The summed E-state index contributed by atoms with van der Waals surface area (Å²) in [5.41, 5.74) is 3.34. The van der Waals surface area contributed by atoms with Crippen LogP contribution in [0.15, 0.2) is 118 Å². The highest BCUT2D eigenvalue weighted by Crippen LogP contribution is 2.36. The first-order valence-electron chi connectivity index (χ1n) is 15.5. The van der Waals surface area contributed by atoms with Gasteiger partial charge in [0, 0.05) is 0 Å². The second-order valence-corrected chi connectivity index (χ2v) is 13.5. The number of allylic oxidation sites excluding steroid dienone is 1. The van der Waals surface area contributed by atoms with Crippen molar-refractivity contribution < 1.29 is 19.0 Å². The van der Waals surface area contributed by atoms with E-state index in [1.54, 1.807) is 25.5 Å². The third-order valence-electron chi connectivity index (χ3n) is 8.44. The number of esters is 1. The summed E-state index contributed by atoms with van der Waals surface area (Å²) in [6, 6.07) is 31.5. The van der Waals surface area contributed by atoms with Crippen LogP contribution in [0.1, 0.15) is 36.6 Å². The number of carbonyl (C=O) groups excluding carboxylic acids is 1. The van der Waals surface area contributed by atoms with Gasteiger partial charge < -0.3 is 14.2 Å². The molecule has 0 amide bonds. The SMILES string of the molecule is CCOC(=O)C1=C(C)N=c2s/c(=C/c3cc(I)c(OCc4cccc5ccccc45)c(OC)c3)c(=O)n2[C@@H]1c1cccc2ccccc12. The van der Waals surface area contributed by atoms with Gasteiger partial charge in [0.25, 0.3) is 5.56 Å². The van der Waals surface area contributed by atoms with E-state index in [9.17, 15) is 9.59 Å². The van der Waals surface area contributed by atoms with E-state index >= 15 is 0 Å². The van der Waals surface area contributed by atoms with Crippen LogP contribution in [0, 0.1) is 3.57 Å². The van der Waals surface area contributed by atoms with E-state index in [1.165, 1.54) is 11.3 Å². The van der Waals surface area contributed by atoms with Gasteiger partial charge in [0.1, 0.15) is 6.61 Å². The molecule has 1 atom stereocenters. The molecule has 0 unspecified atom stereocenters. The number of rotatable bonds is 8. The van der Waals surface area contributed by atoms with Gasteiger partial charge in [-0.3, -0.25) is 9.36 Å². The molecular formula is C39H31IN2O5S. The molecule has 7 nitrogen and oxygen atoms in total. The third kappa shape index (κ3) is 5.81. The normalized spacial score (nSPS) is 14.6. The number of methoxy groups -OCH3 is 1. The van der Waals surface area contributed by atoms with E-state index in [0.29, 0.717) is 38.7 Å². The van der Waals surface area contributed by atoms with E-state index in [4.69, 9.17) is 19.2 Å². The second kappa shape index (κ2) is 13.4. The molecule has 0 bridgehead atoms. The van der Waals surface area contributed by atoms with Crippen molar-refractivity contribution in [3.8, 4) is 11.5 Å². The zero-order valence-corrected chi connectivity index (χ0v) is 29.5. The lowest BCUT2D eigenvalue weighted by molar-refractivity contribution is -0.139. The molecule has 48 heavy (non-hydrogen) atoms. The molecule has 2 heterocycles. The van der Waals surface area contributed by atoms with Crippen LogP contribution >= 0.6 is 33.9 Å². The number of benzene rings is 5. The molecule has 0 saturated carbocycles. The summed E-state index contributed by atoms with van der Waals surface area (Å²) in [6.45, 7) is 4.16. The Kier molecular flexibility index (Phi) is 8.89. The molecule has 1 aliphatic heterocycles. The standard InChI is InChI=1S/C39H31IN2O5S/c1-4-46-38(44)34-23(2)41-39-42(35(34)30-18-10-14-26-12-6-8-17-29(26)30)37(43)33(48-39)21-24-19-31(40)36(32(20-24)45-3)47-22-27-15-9-13-25-11-5-7-16-28(25)27/h5-21,35H,4,22H2,1-3H3/b33-21+/t35-/m1/s1. The summed E-state index contributed by atoms with van der Waals surface area (Å²) in [5, 5.41) is 4.27. The first-order chi connectivity index (χ1) is 23.4. The molecule has 0 fully saturated rings. The number of fused-ring (bicyclic) bond motifs is 3. The quantitative estimate of drug-likeness (QED) is 0.120. The van der Waals surface area contributed by atoms with Gasteiger partial charge in [-0.25, -0.2) is 9.79 Å². The zero-order valence-electron chi connectivity index (χ0n) is 26.5. The lowest BCUT2D eigenvalue weighted by Gasteiger charge is -2.25. The van der Waals surface area contributed by atoms with Crippen LogP contribution in [0.5, 0.6) is 11.5 Å². The first-order valence-corrected chi connectivity index (χ1v) is 17.4. The average Bonchev–Trinajstić information content (AvgIpc) is 3.40. The Morgan fingerprint density at radius 1 is 0.958 bits per heavy atom. The largest absolute Gasteiger partial charge is 0.493 e. The number of carbonyl (C=O) groups is 1. The van der Waals surface area contributed by atoms with Crippen LogP contribution in [0.25, 0.3) is 27.6 Å². The molecule has 9 heteroatoms. The highest BCUT2D eigenvalue weighted by Gasteiger charge is 2.34. The maximum absolute atomic E-state index is 14.3. The van der Waals surface area contributed by atoms with Crippen LogP contribution < -0.4 is 24.4 Å². The van der Waals surface area contributed by atoms with Crippen molar-refractivity contribution in [2.75, 3.05) is 13.7 Å². The van der Waals surface area contributed by atoms with E-state index in [2.05, 4.69) is 46.9 Å². The molecule has 0 N–H and O–H groups in total. The van der Waals surface area contributed by atoms with E-state index in [1.807, 2.05) is 78.9 Å². The number of nitrogens with zero attached hydrogens (tertiary/aromatic N) is 2. The first kappa shape index (κ1) is 31.8. The van der Waals surface area contributed by atoms with Gasteiger partial charge in [-0.15, -0.1) is 0 Å². The minimum absolute atomic E-state index is 0.213. The summed E-state index contributed by atoms with van der Waals surface area (Å²) < 4.78 is 20.6. The number of hydrogen-bond acceptors (Lipinski definition) is 7. The van der Waals surface area contributed by atoms with Crippen molar-refractivity contribution in [1.82, 2.24) is 4.57 Å². The molecule has 6 aromatic rings. The van der Waals surface area contributed by atoms with E-state index in [0.717, 1.165) is 41.8 Å². The number of hydrogen-bond donors (Lipinski definition) is 0. The zero-order chi connectivity index (χ0) is 33.4. The molecule has 0 spiro atoms. The third-order valence-corrected chi connectivity index (χ3v) is 10.2. The van der Waals surface area contributed by atoms with Crippen molar-refractivity contribution in [2.24, 2.45) is 4.99 Å². The predicted molar refractivity (Wildman–Crippen MR) is 198 cm³/mol. The minimum atomic E-state index is -0.701. The van der Waals surface area contributed by atoms with Crippen molar-refractivity contribution in [3.63, 3.8) is 0 Å². The van der Waals surface area contributed by atoms with Gasteiger partial charge in [-0.1, -0.05) is 96.3 Å². The molecule has 0 radical (unpaired) electrons. The van der Waals surface area contributed by atoms with Crippen molar-refractivity contribution in [3.05, 3.63) is 148 Å².